The zero-order chi connectivity index (χ0) is 19.5. The van der Waals surface area contributed by atoms with Crippen LogP contribution in [0.4, 0.5) is 0 Å². The second kappa shape index (κ2) is 19.2. The second-order valence-electron chi connectivity index (χ2n) is 8.04. The molecular formula is C23H47NO2. The molecule has 1 unspecified atom stereocenters. The third kappa shape index (κ3) is 16.9. The molecule has 0 aliphatic carbocycles. The van der Waals surface area contributed by atoms with E-state index in [4.69, 9.17) is 0 Å². The minimum atomic E-state index is -0.310. The molecule has 0 bridgehead atoms. The van der Waals surface area contributed by atoms with Crippen LogP contribution >= 0.6 is 0 Å². The van der Waals surface area contributed by atoms with Crippen molar-refractivity contribution in [3.05, 3.63) is 0 Å². The summed E-state index contributed by atoms with van der Waals surface area (Å²) < 4.78 is 0. The smallest absolute Gasteiger partial charge is 0.220 e. The Kier molecular flexibility index (Phi) is 18.8. The first-order valence-corrected chi connectivity index (χ1v) is 11.6. The monoisotopic (exact) mass is 369 g/mol. The van der Waals surface area contributed by atoms with Crippen LogP contribution < -0.4 is 5.32 Å². The summed E-state index contributed by atoms with van der Waals surface area (Å²) >= 11 is 0. The molecule has 0 spiro atoms. The summed E-state index contributed by atoms with van der Waals surface area (Å²) in [5, 5.41) is 13.0. The summed E-state index contributed by atoms with van der Waals surface area (Å²) in [6, 6.07) is 0. The molecule has 0 aromatic rings. The lowest BCUT2D eigenvalue weighted by molar-refractivity contribution is -0.121. The van der Waals surface area contributed by atoms with Gasteiger partial charge >= 0.3 is 0 Å². The lowest BCUT2D eigenvalue weighted by atomic mass is 9.91. The number of rotatable bonds is 19. The van der Waals surface area contributed by atoms with Gasteiger partial charge in [-0.2, -0.15) is 0 Å². The molecule has 0 radical (unpaired) electrons. The molecule has 0 rings (SSSR count). The van der Waals surface area contributed by atoms with Gasteiger partial charge in [-0.3, -0.25) is 4.79 Å². The highest BCUT2D eigenvalue weighted by Gasteiger charge is 2.10. The van der Waals surface area contributed by atoms with Crippen LogP contribution in [0.2, 0.25) is 0 Å². The Morgan fingerprint density at radius 3 is 1.92 bits per heavy atom. The Morgan fingerprint density at radius 1 is 0.731 bits per heavy atom. The molecule has 0 saturated carbocycles. The number of amides is 1. The van der Waals surface area contributed by atoms with E-state index < -0.39 is 0 Å². The van der Waals surface area contributed by atoms with E-state index in [9.17, 15) is 9.90 Å². The van der Waals surface area contributed by atoms with Gasteiger partial charge in [0.2, 0.25) is 5.91 Å². The van der Waals surface area contributed by atoms with Gasteiger partial charge in [-0.1, -0.05) is 91.4 Å². The molecule has 0 aliphatic rings. The summed E-state index contributed by atoms with van der Waals surface area (Å²) in [6.45, 7) is 7.53. The zero-order valence-electron chi connectivity index (χ0n) is 18.0. The van der Waals surface area contributed by atoms with Gasteiger partial charge in [0.1, 0.15) is 0 Å². The largest absolute Gasteiger partial charge is 0.393 e. The van der Waals surface area contributed by atoms with E-state index in [0.717, 1.165) is 31.7 Å². The minimum Gasteiger partial charge on any atom is -0.393 e. The number of hydrogen-bond acceptors (Lipinski definition) is 2. The fraction of sp³-hybridized carbons (Fsp3) is 0.957. The summed E-state index contributed by atoms with van der Waals surface area (Å²) in [5.74, 6) is 0.940. The lowest BCUT2D eigenvalue weighted by Crippen LogP contribution is -2.25. The Morgan fingerprint density at radius 2 is 1.31 bits per heavy atom. The zero-order valence-corrected chi connectivity index (χ0v) is 18.0. The van der Waals surface area contributed by atoms with Gasteiger partial charge in [-0.05, 0) is 31.6 Å². The highest BCUT2D eigenvalue weighted by atomic mass is 16.3. The van der Waals surface area contributed by atoms with Gasteiger partial charge in [0, 0.05) is 13.0 Å². The number of nitrogens with one attached hydrogen (secondary N) is 1. The standard InChI is InChI=1S/C23H47NO2/c1-4-7-10-11-12-17-22(25)18-19-23(26)24-20-13-16-21(14-8-5-2)15-9-6-3/h21-22,25H,4-20H2,1-3H3,(H,24,26). The number of hydrogen-bond donors (Lipinski definition) is 2. The number of aliphatic hydroxyl groups excluding tert-OH is 1. The van der Waals surface area contributed by atoms with Crippen LogP contribution in [-0.4, -0.2) is 23.7 Å². The maximum atomic E-state index is 11.9. The minimum absolute atomic E-state index is 0.105. The maximum Gasteiger partial charge on any atom is 0.220 e. The third-order valence-electron chi connectivity index (χ3n) is 5.39. The maximum absolute atomic E-state index is 11.9. The van der Waals surface area contributed by atoms with E-state index in [2.05, 4.69) is 26.1 Å². The van der Waals surface area contributed by atoms with Crippen LogP contribution in [0.1, 0.15) is 124 Å². The first kappa shape index (κ1) is 25.4. The van der Waals surface area contributed by atoms with Crippen molar-refractivity contribution < 1.29 is 9.90 Å². The third-order valence-corrected chi connectivity index (χ3v) is 5.39. The molecule has 0 fully saturated rings. The molecule has 0 heterocycles. The number of carbonyl (C=O) groups excluding carboxylic acids is 1. The van der Waals surface area contributed by atoms with Crippen molar-refractivity contribution >= 4 is 5.91 Å². The van der Waals surface area contributed by atoms with Crippen LogP contribution in [0, 0.1) is 5.92 Å². The fourth-order valence-electron chi connectivity index (χ4n) is 3.55. The molecule has 1 atom stereocenters. The quantitative estimate of drug-likeness (QED) is 0.259. The molecule has 2 N–H and O–H groups in total. The second-order valence-corrected chi connectivity index (χ2v) is 8.04. The highest BCUT2D eigenvalue weighted by Crippen LogP contribution is 2.21. The van der Waals surface area contributed by atoms with Crippen molar-refractivity contribution in [3.63, 3.8) is 0 Å². The van der Waals surface area contributed by atoms with Gasteiger partial charge in [-0.15, -0.1) is 0 Å². The van der Waals surface area contributed by atoms with Gasteiger partial charge < -0.3 is 10.4 Å². The molecule has 0 aliphatic heterocycles. The Labute approximate surface area is 163 Å². The molecule has 0 aromatic carbocycles. The van der Waals surface area contributed by atoms with Crippen LogP contribution in [0.5, 0.6) is 0 Å². The first-order chi connectivity index (χ1) is 12.6. The van der Waals surface area contributed by atoms with Gasteiger partial charge in [0.05, 0.1) is 6.10 Å². The Hall–Kier alpha value is -0.570. The van der Waals surface area contributed by atoms with Crippen LogP contribution in [0.3, 0.4) is 0 Å². The number of carbonyl (C=O) groups is 1. The van der Waals surface area contributed by atoms with Gasteiger partial charge in [0.25, 0.3) is 0 Å². The van der Waals surface area contributed by atoms with Crippen molar-refractivity contribution in [2.24, 2.45) is 5.92 Å². The van der Waals surface area contributed by atoms with Crippen molar-refractivity contribution in [1.82, 2.24) is 5.32 Å². The van der Waals surface area contributed by atoms with Crippen LogP contribution in [0.15, 0.2) is 0 Å². The Bertz CT molecular complexity index is 299. The number of unbranched alkanes of at least 4 members (excludes halogenated alkanes) is 6. The lowest BCUT2D eigenvalue weighted by Gasteiger charge is -2.16. The van der Waals surface area contributed by atoms with E-state index in [1.165, 1.54) is 70.6 Å². The van der Waals surface area contributed by atoms with Crippen molar-refractivity contribution in [1.29, 1.82) is 0 Å². The van der Waals surface area contributed by atoms with E-state index in [-0.39, 0.29) is 12.0 Å². The predicted molar refractivity (Wildman–Crippen MR) is 113 cm³/mol. The van der Waals surface area contributed by atoms with E-state index in [1.54, 1.807) is 0 Å². The average Bonchev–Trinajstić information content (AvgIpc) is 2.64. The molecular weight excluding hydrogens is 322 g/mol. The van der Waals surface area contributed by atoms with E-state index in [0.29, 0.717) is 12.8 Å². The van der Waals surface area contributed by atoms with E-state index >= 15 is 0 Å². The van der Waals surface area contributed by atoms with Gasteiger partial charge in [0.15, 0.2) is 0 Å². The SMILES string of the molecule is CCCCCCCC(O)CCC(=O)NCCCC(CCCC)CCCC. The predicted octanol–water partition coefficient (Wildman–Crippen LogP) is 6.38. The highest BCUT2D eigenvalue weighted by molar-refractivity contribution is 5.75. The first-order valence-electron chi connectivity index (χ1n) is 11.6. The fourth-order valence-corrected chi connectivity index (χ4v) is 3.55. The Balaban J connectivity index is 3.67. The molecule has 3 nitrogen and oxygen atoms in total. The van der Waals surface area contributed by atoms with Gasteiger partial charge in [-0.25, -0.2) is 0 Å². The molecule has 0 saturated heterocycles. The van der Waals surface area contributed by atoms with Crippen LogP contribution in [0.25, 0.3) is 0 Å². The van der Waals surface area contributed by atoms with E-state index in [1.807, 2.05) is 0 Å². The summed E-state index contributed by atoms with van der Waals surface area (Å²) in [6.07, 6.45) is 17.9. The average molecular weight is 370 g/mol. The normalized spacial score (nSPS) is 12.5. The summed E-state index contributed by atoms with van der Waals surface area (Å²) in [5.41, 5.74) is 0. The van der Waals surface area contributed by atoms with Crippen molar-refractivity contribution in [3.8, 4) is 0 Å². The molecule has 26 heavy (non-hydrogen) atoms. The number of aliphatic hydroxyl groups is 1. The molecule has 3 heteroatoms. The molecule has 1 amide bonds. The van der Waals surface area contributed by atoms with Crippen LogP contribution in [-0.2, 0) is 4.79 Å². The summed E-state index contributed by atoms with van der Waals surface area (Å²) in [7, 11) is 0. The topological polar surface area (TPSA) is 49.3 Å². The molecule has 0 aromatic heterocycles. The van der Waals surface area contributed by atoms with Crippen molar-refractivity contribution in [2.45, 2.75) is 130 Å². The molecule has 156 valence electrons. The van der Waals surface area contributed by atoms with Crippen molar-refractivity contribution in [2.75, 3.05) is 6.54 Å². The summed E-state index contributed by atoms with van der Waals surface area (Å²) in [4.78, 5) is 11.9.